The van der Waals surface area contributed by atoms with Gasteiger partial charge in [0, 0.05) is 18.3 Å². The molecule has 1 unspecified atom stereocenters. The molecule has 1 aromatic heterocycles. The third-order valence-corrected chi connectivity index (χ3v) is 5.10. The normalized spacial score (nSPS) is 16.7. The van der Waals surface area contributed by atoms with Crippen molar-refractivity contribution in [1.82, 2.24) is 14.9 Å². The highest BCUT2D eigenvalue weighted by atomic mass is 19.4. The highest BCUT2D eigenvalue weighted by Crippen LogP contribution is 2.28. The van der Waals surface area contributed by atoms with Crippen LogP contribution in [-0.4, -0.2) is 40.0 Å². The van der Waals surface area contributed by atoms with Crippen molar-refractivity contribution in [2.75, 3.05) is 13.1 Å². The molecular weight excluding hydrogens is 407 g/mol. The van der Waals surface area contributed by atoms with Crippen molar-refractivity contribution in [3.63, 3.8) is 0 Å². The van der Waals surface area contributed by atoms with Crippen molar-refractivity contribution in [3.05, 3.63) is 78.1 Å². The molecule has 4 rings (SSSR count). The van der Waals surface area contributed by atoms with E-state index >= 15 is 0 Å². The third kappa shape index (κ3) is 5.02. The second kappa shape index (κ2) is 8.75. The van der Waals surface area contributed by atoms with Gasteiger partial charge in [0.2, 0.25) is 0 Å². The molecule has 0 radical (unpaired) electrons. The molecule has 0 spiro atoms. The summed E-state index contributed by atoms with van der Waals surface area (Å²) in [5, 5.41) is 0. The van der Waals surface area contributed by atoms with Crippen LogP contribution in [0.5, 0.6) is 6.01 Å². The molecule has 0 bridgehead atoms. The number of halogens is 3. The van der Waals surface area contributed by atoms with Crippen LogP contribution in [0.25, 0.3) is 11.1 Å². The first-order valence-corrected chi connectivity index (χ1v) is 9.92. The first kappa shape index (κ1) is 20.8. The first-order valence-electron chi connectivity index (χ1n) is 9.92. The predicted octanol–water partition coefficient (Wildman–Crippen LogP) is 4.85. The Balaban J connectivity index is 1.42. The number of carbonyl (C=O) groups excluding carboxylic acids is 1. The molecule has 31 heavy (non-hydrogen) atoms. The number of amides is 1. The molecule has 5 nitrogen and oxygen atoms in total. The number of ether oxygens (including phenoxy) is 1. The second-order valence-corrected chi connectivity index (χ2v) is 7.30. The highest BCUT2D eigenvalue weighted by molar-refractivity contribution is 5.94. The van der Waals surface area contributed by atoms with Gasteiger partial charge in [0.25, 0.3) is 5.91 Å². The molecule has 1 amide bonds. The number of piperidine rings is 1. The van der Waals surface area contributed by atoms with E-state index in [1.807, 2.05) is 42.5 Å². The SMILES string of the molecule is O=C(c1ccc(-c2ccccc2)cc1)N1CCCC(Oc2nccc(C(F)(F)F)n2)C1. The lowest BCUT2D eigenvalue weighted by atomic mass is 10.0. The number of nitrogens with zero attached hydrogens (tertiary/aromatic N) is 3. The van der Waals surface area contributed by atoms with Crippen LogP contribution >= 0.6 is 0 Å². The van der Waals surface area contributed by atoms with Crippen molar-refractivity contribution in [3.8, 4) is 17.1 Å². The summed E-state index contributed by atoms with van der Waals surface area (Å²) in [4.78, 5) is 21.8. The van der Waals surface area contributed by atoms with Gasteiger partial charge in [-0.2, -0.15) is 18.2 Å². The van der Waals surface area contributed by atoms with Gasteiger partial charge in [0.05, 0.1) is 6.54 Å². The summed E-state index contributed by atoms with van der Waals surface area (Å²) in [5.41, 5.74) is 1.57. The minimum Gasteiger partial charge on any atom is -0.458 e. The number of rotatable bonds is 4. The lowest BCUT2D eigenvalue weighted by Crippen LogP contribution is -2.44. The minimum atomic E-state index is -4.57. The maximum atomic E-state index is 12.9. The fourth-order valence-electron chi connectivity index (χ4n) is 3.54. The third-order valence-electron chi connectivity index (χ3n) is 5.10. The van der Waals surface area contributed by atoms with Gasteiger partial charge in [-0.15, -0.1) is 0 Å². The van der Waals surface area contributed by atoms with Gasteiger partial charge in [-0.25, -0.2) is 4.98 Å². The number of benzene rings is 2. The zero-order valence-electron chi connectivity index (χ0n) is 16.5. The van der Waals surface area contributed by atoms with Gasteiger partial charge in [-0.05, 0) is 42.2 Å². The molecule has 1 atom stereocenters. The molecule has 0 saturated carbocycles. The van der Waals surface area contributed by atoms with Crippen molar-refractivity contribution in [2.45, 2.75) is 25.1 Å². The molecular formula is C23H20F3N3O2. The van der Waals surface area contributed by atoms with E-state index in [4.69, 9.17) is 4.74 Å². The molecule has 0 N–H and O–H groups in total. The van der Waals surface area contributed by atoms with Crippen LogP contribution < -0.4 is 4.74 Å². The van der Waals surface area contributed by atoms with Crippen molar-refractivity contribution in [2.24, 2.45) is 0 Å². The average molecular weight is 427 g/mol. The van der Waals surface area contributed by atoms with Gasteiger partial charge in [-0.3, -0.25) is 4.79 Å². The average Bonchev–Trinajstić information content (AvgIpc) is 2.79. The molecule has 1 aliphatic rings. The summed E-state index contributed by atoms with van der Waals surface area (Å²) in [6.45, 7) is 0.821. The standard InChI is InChI=1S/C23H20F3N3O2/c24-23(25,26)20-12-13-27-22(28-20)31-19-7-4-14-29(15-19)21(30)18-10-8-17(9-11-18)16-5-2-1-3-6-16/h1-3,5-6,8-13,19H,4,7,14-15H2. The fraction of sp³-hybridized carbons (Fsp3) is 0.261. The Bertz CT molecular complexity index is 1040. The van der Waals surface area contributed by atoms with Gasteiger partial charge in [0.1, 0.15) is 6.10 Å². The lowest BCUT2D eigenvalue weighted by molar-refractivity contribution is -0.141. The van der Waals surface area contributed by atoms with E-state index in [9.17, 15) is 18.0 Å². The monoisotopic (exact) mass is 427 g/mol. The van der Waals surface area contributed by atoms with Gasteiger partial charge in [-0.1, -0.05) is 42.5 Å². The van der Waals surface area contributed by atoms with Crippen molar-refractivity contribution < 1.29 is 22.7 Å². The minimum absolute atomic E-state index is 0.141. The Morgan fingerprint density at radius 3 is 2.42 bits per heavy atom. The van der Waals surface area contributed by atoms with Crippen LogP contribution in [0.15, 0.2) is 66.9 Å². The Morgan fingerprint density at radius 1 is 1.00 bits per heavy atom. The van der Waals surface area contributed by atoms with Crippen LogP contribution in [0.1, 0.15) is 28.9 Å². The molecule has 1 aliphatic heterocycles. The zero-order chi connectivity index (χ0) is 21.8. The zero-order valence-corrected chi connectivity index (χ0v) is 16.5. The molecule has 0 aliphatic carbocycles. The van der Waals surface area contributed by atoms with E-state index in [-0.39, 0.29) is 18.5 Å². The van der Waals surface area contributed by atoms with E-state index in [0.29, 0.717) is 24.9 Å². The van der Waals surface area contributed by atoms with Crippen molar-refractivity contribution in [1.29, 1.82) is 0 Å². The topological polar surface area (TPSA) is 55.3 Å². The quantitative estimate of drug-likeness (QED) is 0.598. The van der Waals surface area contributed by atoms with Crippen molar-refractivity contribution >= 4 is 5.91 Å². The summed E-state index contributed by atoms with van der Waals surface area (Å²) >= 11 is 0. The number of likely N-dealkylation sites (tertiary alicyclic amines) is 1. The molecule has 1 fully saturated rings. The number of hydrogen-bond acceptors (Lipinski definition) is 4. The molecule has 3 aromatic rings. The molecule has 1 saturated heterocycles. The Labute approximate surface area is 177 Å². The molecule has 8 heteroatoms. The highest BCUT2D eigenvalue weighted by Gasteiger charge is 2.33. The Kier molecular flexibility index (Phi) is 5.88. The summed E-state index contributed by atoms with van der Waals surface area (Å²) in [7, 11) is 0. The van der Waals surface area contributed by atoms with E-state index in [2.05, 4.69) is 9.97 Å². The summed E-state index contributed by atoms with van der Waals surface area (Å²) in [6.07, 6.45) is -2.73. The van der Waals surface area contributed by atoms with Crippen LogP contribution in [0.4, 0.5) is 13.2 Å². The predicted molar refractivity (Wildman–Crippen MR) is 108 cm³/mol. The second-order valence-electron chi connectivity index (χ2n) is 7.30. The van der Waals surface area contributed by atoms with Crippen LogP contribution in [0.2, 0.25) is 0 Å². The van der Waals surface area contributed by atoms with Crippen LogP contribution in [-0.2, 0) is 6.18 Å². The smallest absolute Gasteiger partial charge is 0.433 e. The summed E-state index contributed by atoms with van der Waals surface area (Å²) in [6, 6.07) is 17.7. The maximum Gasteiger partial charge on any atom is 0.433 e. The first-order chi connectivity index (χ1) is 14.9. The van der Waals surface area contributed by atoms with E-state index < -0.39 is 18.0 Å². The molecule has 2 heterocycles. The molecule has 2 aromatic carbocycles. The van der Waals surface area contributed by atoms with Gasteiger partial charge >= 0.3 is 12.2 Å². The van der Waals surface area contributed by atoms with Gasteiger partial charge in [0.15, 0.2) is 5.69 Å². The number of aromatic nitrogens is 2. The largest absolute Gasteiger partial charge is 0.458 e. The number of alkyl halides is 3. The van der Waals surface area contributed by atoms with E-state index in [1.165, 1.54) is 0 Å². The summed E-state index contributed by atoms with van der Waals surface area (Å²) in [5.74, 6) is -0.141. The van der Waals surface area contributed by atoms with Gasteiger partial charge < -0.3 is 9.64 Å². The van der Waals surface area contributed by atoms with E-state index in [1.54, 1.807) is 17.0 Å². The number of carbonyl (C=O) groups is 1. The van der Waals surface area contributed by atoms with E-state index in [0.717, 1.165) is 23.4 Å². The number of hydrogen-bond donors (Lipinski definition) is 0. The van der Waals surface area contributed by atoms with Crippen LogP contribution in [0, 0.1) is 0 Å². The fourth-order valence-corrected chi connectivity index (χ4v) is 3.54. The molecule has 160 valence electrons. The Hall–Kier alpha value is -3.42. The van der Waals surface area contributed by atoms with Crippen LogP contribution in [0.3, 0.4) is 0 Å². The Morgan fingerprint density at radius 2 is 1.71 bits per heavy atom. The maximum absolute atomic E-state index is 12.9. The summed E-state index contributed by atoms with van der Waals surface area (Å²) < 4.78 is 44.1. The lowest BCUT2D eigenvalue weighted by Gasteiger charge is -2.32.